The van der Waals surface area contributed by atoms with E-state index in [1.54, 1.807) is 0 Å². The molecule has 0 amide bonds. The second-order valence-corrected chi connectivity index (χ2v) is 5.96. The Balaban J connectivity index is 2.13. The van der Waals surface area contributed by atoms with Crippen molar-refractivity contribution < 1.29 is 9.53 Å². The lowest BCUT2D eigenvalue weighted by atomic mass is 9.77. The van der Waals surface area contributed by atoms with Gasteiger partial charge in [-0.1, -0.05) is 49.6 Å². The Labute approximate surface area is 121 Å². The van der Waals surface area contributed by atoms with Crippen LogP contribution in [0.2, 0.25) is 0 Å². The molecule has 1 atom stereocenters. The number of hydrogen-bond donors (Lipinski definition) is 0. The smallest absolute Gasteiger partial charge is 0.315 e. The molecule has 0 spiro atoms. The molecule has 1 saturated carbocycles. The summed E-state index contributed by atoms with van der Waals surface area (Å²) >= 11 is 0. The van der Waals surface area contributed by atoms with Gasteiger partial charge in [0.25, 0.3) is 0 Å². The van der Waals surface area contributed by atoms with Gasteiger partial charge in [0.1, 0.15) is 6.73 Å². The maximum Gasteiger partial charge on any atom is 0.315 e. The molecule has 3 heteroatoms. The lowest BCUT2D eigenvalue weighted by molar-refractivity contribution is -0.151. The van der Waals surface area contributed by atoms with Crippen LogP contribution in [0.15, 0.2) is 30.3 Å². The SMILES string of the molecule is CN(C)COC(=O)C(c1ccccc1)C1CCCCC1. The van der Waals surface area contributed by atoms with Crippen LogP contribution in [0.1, 0.15) is 43.6 Å². The zero-order valence-electron chi connectivity index (χ0n) is 12.5. The molecule has 0 aliphatic heterocycles. The minimum absolute atomic E-state index is 0.0724. The lowest BCUT2D eigenvalue weighted by Crippen LogP contribution is -2.28. The topological polar surface area (TPSA) is 29.5 Å². The zero-order valence-corrected chi connectivity index (χ0v) is 12.5. The molecule has 1 aliphatic carbocycles. The second-order valence-electron chi connectivity index (χ2n) is 5.96. The van der Waals surface area contributed by atoms with Gasteiger partial charge in [-0.2, -0.15) is 0 Å². The number of esters is 1. The van der Waals surface area contributed by atoms with Gasteiger partial charge in [0.2, 0.25) is 0 Å². The average molecular weight is 275 g/mol. The van der Waals surface area contributed by atoms with Crippen LogP contribution in [0.3, 0.4) is 0 Å². The summed E-state index contributed by atoms with van der Waals surface area (Å²) in [4.78, 5) is 14.4. The number of benzene rings is 1. The molecule has 0 saturated heterocycles. The van der Waals surface area contributed by atoms with Crippen LogP contribution in [0, 0.1) is 5.92 Å². The average Bonchev–Trinajstić information content (AvgIpc) is 2.48. The summed E-state index contributed by atoms with van der Waals surface area (Å²) in [5.41, 5.74) is 1.10. The first kappa shape index (κ1) is 15.0. The largest absolute Gasteiger partial charge is 0.449 e. The highest BCUT2D eigenvalue weighted by atomic mass is 16.5. The number of ether oxygens (including phenoxy) is 1. The third-order valence-corrected chi connectivity index (χ3v) is 4.00. The summed E-state index contributed by atoms with van der Waals surface area (Å²) in [7, 11) is 3.82. The maximum atomic E-state index is 12.5. The van der Waals surface area contributed by atoms with Crippen LogP contribution >= 0.6 is 0 Å². The van der Waals surface area contributed by atoms with Crippen LogP contribution in [-0.4, -0.2) is 31.7 Å². The van der Waals surface area contributed by atoms with E-state index in [4.69, 9.17) is 4.74 Å². The van der Waals surface area contributed by atoms with Crippen molar-refractivity contribution in [2.45, 2.75) is 38.0 Å². The lowest BCUT2D eigenvalue weighted by Gasteiger charge is -2.29. The van der Waals surface area contributed by atoms with Gasteiger partial charge in [0.05, 0.1) is 5.92 Å². The van der Waals surface area contributed by atoms with Crippen molar-refractivity contribution in [2.24, 2.45) is 5.92 Å². The van der Waals surface area contributed by atoms with Gasteiger partial charge in [0.15, 0.2) is 0 Å². The second kappa shape index (κ2) is 7.44. The highest BCUT2D eigenvalue weighted by molar-refractivity contribution is 5.78. The van der Waals surface area contributed by atoms with Crippen LogP contribution in [0.25, 0.3) is 0 Å². The molecule has 1 aromatic carbocycles. The summed E-state index contributed by atoms with van der Waals surface area (Å²) in [6.07, 6.45) is 6.03. The Kier molecular flexibility index (Phi) is 5.60. The molecule has 0 heterocycles. The Hall–Kier alpha value is -1.35. The Morgan fingerprint density at radius 1 is 1.20 bits per heavy atom. The number of rotatable bonds is 5. The molecule has 1 aliphatic rings. The quantitative estimate of drug-likeness (QED) is 0.609. The standard InChI is InChI=1S/C17H25NO2/c1-18(2)13-20-17(19)16(14-9-5-3-6-10-14)15-11-7-4-8-12-15/h3,5-6,9-10,15-16H,4,7-8,11-13H2,1-2H3. The molecule has 1 unspecified atom stereocenters. The van der Waals surface area contributed by atoms with Gasteiger partial charge in [-0.15, -0.1) is 0 Å². The van der Waals surface area contributed by atoms with Crippen molar-refractivity contribution >= 4 is 5.97 Å². The molecular formula is C17H25NO2. The van der Waals surface area contributed by atoms with E-state index in [-0.39, 0.29) is 11.9 Å². The number of hydrogen-bond acceptors (Lipinski definition) is 3. The van der Waals surface area contributed by atoms with Crippen molar-refractivity contribution in [2.75, 3.05) is 20.8 Å². The zero-order chi connectivity index (χ0) is 14.4. The van der Waals surface area contributed by atoms with E-state index in [1.807, 2.05) is 37.2 Å². The first-order chi connectivity index (χ1) is 9.68. The first-order valence-corrected chi connectivity index (χ1v) is 7.55. The van der Waals surface area contributed by atoms with E-state index in [9.17, 15) is 4.79 Å². The van der Waals surface area contributed by atoms with Crippen molar-refractivity contribution in [3.05, 3.63) is 35.9 Å². The van der Waals surface area contributed by atoms with Gasteiger partial charge in [-0.05, 0) is 38.4 Å². The van der Waals surface area contributed by atoms with Crippen molar-refractivity contribution in [1.82, 2.24) is 4.90 Å². The van der Waals surface area contributed by atoms with Crippen LogP contribution in [-0.2, 0) is 9.53 Å². The van der Waals surface area contributed by atoms with Gasteiger partial charge in [0, 0.05) is 0 Å². The Morgan fingerprint density at radius 2 is 1.85 bits per heavy atom. The molecule has 1 aromatic rings. The van der Waals surface area contributed by atoms with Gasteiger partial charge >= 0.3 is 5.97 Å². The molecule has 2 rings (SSSR count). The maximum absolute atomic E-state index is 12.5. The van der Waals surface area contributed by atoms with E-state index in [2.05, 4.69) is 12.1 Å². The van der Waals surface area contributed by atoms with E-state index >= 15 is 0 Å². The van der Waals surface area contributed by atoms with Crippen LogP contribution in [0.5, 0.6) is 0 Å². The summed E-state index contributed by atoms with van der Waals surface area (Å²) in [5, 5.41) is 0. The predicted molar refractivity (Wildman–Crippen MR) is 80.4 cm³/mol. The Bertz CT molecular complexity index is 410. The van der Waals surface area contributed by atoms with E-state index in [1.165, 1.54) is 19.3 Å². The molecule has 3 nitrogen and oxygen atoms in total. The highest BCUT2D eigenvalue weighted by Crippen LogP contribution is 2.36. The third kappa shape index (κ3) is 4.07. The molecule has 0 radical (unpaired) electrons. The highest BCUT2D eigenvalue weighted by Gasteiger charge is 2.32. The predicted octanol–water partition coefficient (Wildman–Crippen LogP) is 3.41. The fraction of sp³-hybridized carbons (Fsp3) is 0.588. The molecule has 110 valence electrons. The monoisotopic (exact) mass is 275 g/mol. The van der Waals surface area contributed by atoms with Crippen LogP contribution < -0.4 is 0 Å². The summed E-state index contributed by atoms with van der Waals surface area (Å²) in [6, 6.07) is 10.1. The summed E-state index contributed by atoms with van der Waals surface area (Å²) < 4.78 is 5.46. The van der Waals surface area contributed by atoms with E-state index < -0.39 is 0 Å². The van der Waals surface area contributed by atoms with E-state index in [0.29, 0.717) is 12.6 Å². The van der Waals surface area contributed by atoms with Crippen molar-refractivity contribution in [3.63, 3.8) is 0 Å². The molecular weight excluding hydrogens is 250 g/mol. The summed E-state index contributed by atoms with van der Waals surface area (Å²) in [6.45, 7) is 0.356. The van der Waals surface area contributed by atoms with Crippen molar-refractivity contribution in [1.29, 1.82) is 0 Å². The molecule has 1 fully saturated rings. The first-order valence-electron chi connectivity index (χ1n) is 7.55. The third-order valence-electron chi connectivity index (χ3n) is 4.00. The number of carbonyl (C=O) groups excluding carboxylic acids is 1. The number of carbonyl (C=O) groups is 1. The fourth-order valence-electron chi connectivity index (χ4n) is 3.01. The van der Waals surface area contributed by atoms with E-state index in [0.717, 1.165) is 18.4 Å². The molecule has 0 N–H and O–H groups in total. The number of nitrogens with zero attached hydrogens (tertiary/aromatic N) is 1. The molecule has 20 heavy (non-hydrogen) atoms. The van der Waals surface area contributed by atoms with Crippen LogP contribution in [0.4, 0.5) is 0 Å². The van der Waals surface area contributed by atoms with Gasteiger partial charge in [-0.3, -0.25) is 9.69 Å². The molecule has 0 bridgehead atoms. The summed E-state index contributed by atoms with van der Waals surface area (Å²) in [5.74, 6) is 0.258. The minimum atomic E-state index is -0.101. The van der Waals surface area contributed by atoms with Gasteiger partial charge in [-0.25, -0.2) is 0 Å². The fourth-order valence-corrected chi connectivity index (χ4v) is 3.01. The van der Waals surface area contributed by atoms with Crippen molar-refractivity contribution in [3.8, 4) is 0 Å². The van der Waals surface area contributed by atoms with Gasteiger partial charge < -0.3 is 4.74 Å². The Morgan fingerprint density at radius 3 is 2.45 bits per heavy atom. The molecule has 0 aromatic heterocycles. The normalized spacial score (nSPS) is 17.9. The minimum Gasteiger partial charge on any atom is -0.449 e.